The molecule has 1 saturated heterocycles. The fourth-order valence-electron chi connectivity index (χ4n) is 3.14. The monoisotopic (exact) mass is 344 g/mol. The van der Waals surface area contributed by atoms with Crippen molar-refractivity contribution in [2.45, 2.75) is 52.9 Å². The van der Waals surface area contributed by atoms with Gasteiger partial charge in [0.05, 0.1) is 0 Å². The molecule has 0 bridgehead atoms. The van der Waals surface area contributed by atoms with Crippen LogP contribution >= 0.6 is 0 Å². The molecule has 1 aliphatic rings. The van der Waals surface area contributed by atoms with Gasteiger partial charge >= 0.3 is 0 Å². The van der Waals surface area contributed by atoms with Crippen LogP contribution in [0.15, 0.2) is 24.3 Å². The maximum Gasteiger partial charge on any atom is 0.222 e. The van der Waals surface area contributed by atoms with Gasteiger partial charge in [-0.05, 0) is 30.0 Å². The zero-order chi connectivity index (χ0) is 18.4. The van der Waals surface area contributed by atoms with Crippen LogP contribution in [0.2, 0.25) is 0 Å². The van der Waals surface area contributed by atoms with E-state index in [1.165, 1.54) is 11.3 Å². The normalized spacial score (nSPS) is 15.1. The van der Waals surface area contributed by atoms with Crippen molar-refractivity contribution >= 4 is 17.4 Å². The summed E-state index contributed by atoms with van der Waals surface area (Å²) < 4.78 is 0. The second-order valence-corrected chi connectivity index (χ2v) is 7.59. The molecule has 0 N–H and O–H groups in total. The summed E-state index contributed by atoms with van der Waals surface area (Å²) in [5.41, 5.74) is 2.59. The number of carbonyl (C=O) groups excluding carboxylic acids is 2. The standard InChI is InChI=1S/C21H32N2O2/c1-16(2)18-8-10-19(11-9-18)22-12-14-23(15-13-22)21(25)7-5-6-20(24)17(3)4/h8-11,16-17H,5-7,12-15H2,1-4H3. The predicted molar refractivity (Wildman–Crippen MR) is 103 cm³/mol. The number of hydrogen-bond donors (Lipinski definition) is 0. The van der Waals surface area contributed by atoms with Crippen LogP contribution in [0.4, 0.5) is 5.69 Å². The molecular formula is C21H32N2O2. The zero-order valence-electron chi connectivity index (χ0n) is 16.1. The van der Waals surface area contributed by atoms with Crippen LogP contribution in [0.3, 0.4) is 0 Å². The lowest BCUT2D eigenvalue weighted by Crippen LogP contribution is -2.48. The molecule has 138 valence electrons. The van der Waals surface area contributed by atoms with Crippen LogP contribution in [-0.4, -0.2) is 42.8 Å². The van der Waals surface area contributed by atoms with Crippen LogP contribution in [0, 0.1) is 5.92 Å². The Morgan fingerprint density at radius 1 is 0.920 bits per heavy atom. The van der Waals surface area contributed by atoms with Gasteiger partial charge in [-0.2, -0.15) is 0 Å². The number of rotatable bonds is 7. The predicted octanol–water partition coefficient (Wildman–Crippen LogP) is 3.85. The second-order valence-electron chi connectivity index (χ2n) is 7.59. The number of ketones is 1. The first kappa shape index (κ1) is 19.5. The quantitative estimate of drug-likeness (QED) is 0.754. The number of carbonyl (C=O) groups is 2. The highest BCUT2D eigenvalue weighted by molar-refractivity contribution is 5.81. The van der Waals surface area contributed by atoms with Crippen LogP contribution in [-0.2, 0) is 9.59 Å². The minimum absolute atomic E-state index is 0.0701. The van der Waals surface area contributed by atoms with Gasteiger partial charge in [0.1, 0.15) is 5.78 Å². The molecule has 2 rings (SSSR count). The lowest BCUT2D eigenvalue weighted by Gasteiger charge is -2.36. The number of amides is 1. The maximum absolute atomic E-state index is 12.3. The van der Waals surface area contributed by atoms with Crippen LogP contribution in [0.5, 0.6) is 0 Å². The third-order valence-corrected chi connectivity index (χ3v) is 5.02. The van der Waals surface area contributed by atoms with E-state index in [0.29, 0.717) is 25.2 Å². The molecule has 1 amide bonds. The Balaban J connectivity index is 1.77. The number of Topliss-reactive ketones (excluding diaryl/α,β-unsaturated/α-hetero) is 1. The molecule has 1 aromatic carbocycles. The lowest BCUT2D eigenvalue weighted by molar-refractivity contribution is -0.131. The average molecular weight is 344 g/mol. The molecule has 0 aliphatic carbocycles. The maximum atomic E-state index is 12.3. The fourth-order valence-corrected chi connectivity index (χ4v) is 3.14. The minimum Gasteiger partial charge on any atom is -0.368 e. The van der Waals surface area contributed by atoms with E-state index in [2.05, 4.69) is 43.0 Å². The molecule has 0 radical (unpaired) electrons. The van der Waals surface area contributed by atoms with E-state index in [-0.39, 0.29) is 17.6 Å². The van der Waals surface area contributed by atoms with Crippen molar-refractivity contribution in [2.75, 3.05) is 31.1 Å². The Labute approximate surface area is 152 Å². The topological polar surface area (TPSA) is 40.6 Å². The summed E-state index contributed by atoms with van der Waals surface area (Å²) in [5, 5.41) is 0. The van der Waals surface area contributed by atoms with Gasteiger partial charge in [0.15, 0.2) is 0 Å². The molecular weight excluding hydrogens is 312 g/mol. The van der Waals surface area contributed by atoms with Crippen molar-refractivity contribution in [1.82, 2.24) is 4.90 Å². The number of anilines is 1. The molecule has 0 aromatic heterocycles. The van der Waals surface area contributed by atoms with Crippen LogP contribution in [0.1, 0.15) is 58.4 Å². The highest BCUT2D eigenvalue weighted by atomic mass is 16.2. The van der Waals surface area contributed by atoms with Gasteiger partial charge < -0.3 is 9.80 Å². The number of hydrogen-bond acceptors (Lipinski definition) is 3. The van der Waals surface area contributed by atoms with E-state index in [9.17, 15) is 9.59 Å². The highest BCUT2D eigenvalue weighted by Gasteiger charge is 2.21. The Morgan fingerprint density at radius 2 is 1.52 bits per heavy atom. The highest BCUT2D eigenvalue weighted by Crippen LogP contribution is 2.21. The van der Waals surface area contributed by atoms with Gasteiger partial charge in [-0.3, -0.25) is 9.59 Å². The molecule has 0 unspecified atom stereocenters. The van der Waals surface area contributed by atoms with Gasteiger partial charge in [-0.15, -0.1) is 0 Å². The smallest absolute Gasteiger partial charge is 0.222 e. The minimum atomic E-state index is 0.0701. The van der Waals surface area contributed by atoms with Crippen molar-refractivity contribution in [3.8, 4) is 0 Å². The summed E-state index contributed by atoms with van der Waals surface area (Å²) >= 11 is 0. The van der Waals surface area contributed by atoms with Crippen molar-refractivity contribution in [3.05, 3.63) is 29.8 Å². The van der Waals surface area contributed by atoms with Gasteiger partial charge in [0, 0.05) is 50.6 Å². The van der Waals surface area contributed by atoms with Crippen molar-refractivity contribution in [3.63, 3.8) is 0 Å². The summed E-state index contributed by atoms with van der Waals surface area (Å²) in [6.45, 7) is 11.5. The second kappa shape index (κ2) is 9.02. The van der Waals surface area contributed by atoms with E-state index in [1.54, 1.807) is 0 Å². The first-order valence-corrected chi connectivity index (χ1v) is 9.54. The summed E-state index contributed by atoms with van der Waals surface area (Å²) in [6, 6.07) is 8.77. The summed E-state index contributed by atoms with van der Waals surface area (Å²) in [5.74, 6) is 1.06. The first-order chi connectivity index (χ1) is 11.9. The van der Waals surface area contributed by atoms with Gasteiger partial charge in [-0.1, -0.05) is 39.8 Å². The molecule has 25 heavy (non-hydrogen) atoms. The third kappa shape index (κ3) is 5.58. The summed E-state index contributed by atoms with van der Waals surface area (Å²) in [4.78, 5) is 28.2. The van der Waals surface area contributed by atoms with Crippen LogP contribution in [0.25, 0.3) is 0 Å². The molecule has 4 heteroatoms. The van der Waals surface area contributed by atoms with Crippen molar-refractivity contribution in [2.24, 2.45) is 5.92 Å². The molecule has 1 heterocycles. The fraction of sp³-hybridized carbons (Fsp3) is 0.619. The van der Waals surface area contributed by atoms with E-state index in [0.717, 1.165) is 26.2 Å². The Kier molecular flexibility index (Phi) is 7.03. The number of piperazine rings is 1. The van der Waals surface area contributed by atoms with Crippen molar-refractivity contribution < 1.29 is 9.59 Å². The first-order valence-electron chi connectivity index (χ1n) is 9.54. The van der Waals surface area contributed by atoms with Crippen molar-refractivity contribution in [1.29, 1.82) is 0 Å². The van der Waals surface area contributed by atoms with Gasteiger partial charge in [0.25, 0.3) is 0 Å². The Morgan fingerprint density at radius 3 is 2.04 bits per heavy atom. The SMILES string of the molecule is CC(C)C(=O)CCCC(=O)N1CCN(c2ccc(C(C)C)cc2)CC1. The molecule has 1 aromatic rings. The summed E-state index contributed by atoms with van der Waals surface area (Å²) in [7, 11) is 0. The van der Waals surface area contributed by atoms with Gasteiger partial charge in [-0.25, -0.2) is 0 Å². The van der Waals surface area contributed by atoms with E-state index in [1.807, 2.05) is 18.7 Å². The van der Waals surface area contributed by atoms with Gasteiger partial charge in [0.2, 0.25) is 5.91 Å². The Bertz CT molecular complexity index is 570. The molecule has 0 atom stereocenters. The summed E-state index contributed by atoms with van der Waals surface area (Å²) in [6.07, 6.45) is 1.68. The number of nitrogens with zero attached hydrogens (tertiary/aromatic N) is 2. The van der Waals surface area contributed by atoms with E-state index < -0.39 is 0 Å². The molecule has 4 nitrogen and oxygen atoms in total. The average Bonchev–Trinajstić information content (AvgIpc) is 2.61. The molecule has 0 saturated carbocycles. The molecule has 0 spiro atoms. The van der Waals surface area contributed by atoms with E-state index in [4.69, 9.17) is 0 Å². The Hall–Kier alpha value is -1.84. The molecule has 1 aliphatic heterocycles. The molecule has 1 fully saturated rings. The number of benzene rings is 1. The van der Waals surface area contributed by atoms with Crippen LogP contribution < -0.4 is 4.90 Å². The largest absolute Gasteiger partial charge is 0.368 e. The van der Waals surface area contributed by atoms with E-state index >= 15 is 0 Å². The third-order valence-electron chi connectivity index (χ3n) is 5.02. The lowest BCUT2D eigenvalue weighted by atomic mass is 10.0. The zero-order valence-corrected chi connectivity index (χ0v) is 16.1.